The van der Waals surface area contributed by atoms with Crippen molar-refractivity contribution < 1.29 is 14.7 Å². The van der Waals surface area contributed by atoms with Crippen LogP contribution in [0.4, 0.5) is 0 Å². The van der Waals surface area contributed by atoms with E-state index in [-0.39, 0.29) is 11.5 Å². The number of nitrogens with one attached hydrogen (secondary N) is 2. The number of carboxylic acids is 1. The molecule has 0 saturated heterocycles. The molecule has 2 aromatic carbocycles. The molecule has 1 heterocycles. The molecule has 0 aliphatic rings. The summed E-state index contributed by atoms with van der Waals surface area (Å²) in [6.45, 7) is 0.333. The molecule has 22 heavy (non-hydrogen) atoms. The second-order valence-electron chi connectivity index (χ2n) is 4.82. The Morgan fingerprint density at radius 3 is 2.55 bits per heavy atom. The number of rotatable bonds is 4. The van der Waals surface area contributed by atoms with Gasteiger partial charge in [0.25, 0.3) is 5.91 Å². The highest BCUT2D eigenvalue weighted by atomic mass is 16.4. The first kappa shape index (κ1) is 13.8. The zero-order chi connectivity index (χ0) is 15.5. The molecular weight excluding hydrogens is 282 g/mol. The second-order valence-corrected chi connectivity index (χ2v) is 4.82. The van der Waals surface area contributed by atoms with E-state index in [1.807, 2.05) is 0 Å². The Morgan fingerprint density at radius 2 is 1.82 bits per heavy atom. The topological polar surface area (TPSA) is 95.1 Å². The van der Waals surface area contributed by atoms with Gasteiger partial charge in [-0.15, -0.1) is 0 Å². The molecule has 110 valence electrons. The first-order chi connectivity index (χ1) is 10.6. The molecule has 6 heteroatoms. The standard InChI is InChI=1S/C16H13N3O3/c20-15(12-5-6-13-14(7-12)19-9-18-13)17-8-10-1-3-11(4-2-10)16(21)22/h1-7,9H,8H2,(H,17,20)(H,18,19)(H,21,22). The Bertz CT molecular complexity index is 837. The molecule has 0 unspecified atom stereocenters. The minimum Gasteiger partial charge on any atom is -0.478 e. The maximum absolute atomic E-state index is 12.1. The second kappa shape index (κ2) is 5.69. The van der Waals surface area contributed by atoms with Crippen molar-refractivity contribution in [2.24, 2.45) is 0 Å². The number of benzene rings is 2. The van der Waals surface area contributed by atoms with Crippen molar-refractivity contribution in [3.63, 3.8) is 0 Å². The van der Waals surface area contributed by atoms with Crippen LogP contribution in [-0.2, 0) is 6.54 Å². The van der Waals surface area contributed by atoms with Crippen LogP contribution in [0.1, 0.15) is 26.3 Å². The maximum Gasteiger partial charge on any atom is 0.335 e. The van der Waals surface area contributed by atoms with Gasteiger partial charge < -0.3 is 15.4 Å². The minimum atomic E-state index is -0.969. The lowest BCUT2D eigenvalue weighted by Gasteiger charge is -2.06. The van der Waals surface area contributed by atoms with Gasteiger partial charge in [-0.2, -0.15) is 0 Å². The fraction of sp³-hybridized carbons (Fsp3) is 0.0625. The third kappa shape index (κ3) is 2.80. The molecular formula is C16H13N3O3. The van der Waals surface area contributed by atoms with Gasteiger partial charge in [0, 0.05) is 12.1 Å². The lowest BCUT2D eigenvalue weighted by Crippen LogP contribution is -2.22. The molecule has 6 nitrogen and oxygen atoms in total. The van der Waals surface area contributed by atoms with Gasteiger partial charge in [-0.3, -0.25) is 4.79 Å². The number of hydrogen-bond acceptors (Lipinski definition) is 3. The molecule has 0 saturated carbocycles. The van der Waals surface area contributed by atoms with E-state index in [4.69, 9.17) is 5.11 Å². The summed E-state index contributed by atoms with van der Waals surface area (Å²) >= 11 is 0. The van der Waals surface area contributed by atoms with E-state index in [1.165, 1.54) is 12.1 Å². The summed E-state index contributed by atoms with van der Waals surface area (Å²) in [6, 6.07) is 11.6. The number of hydrogen-bond donors (Lipinski definition) is 3. The number of carbonyl (C=O) groups excluding carboxylic acids is 1. The predicted molar refractivity (Wildman–Crippen MR) is 80.7 cm³/mol. The van der Waals surface area contributed by atoms with Crippen molar-refractivity contribution in [1.29, 1.82) is 0 Å². The molecule has 3 aromatic rings. The Morgan fingerprint density at radius 1 is 1.09 bits per heavy atom. The van der Waals surface area contributed by atoms with E-state index in [0.717, 1.165) is 16.6 Å². The van der Waals surface area contributed by atoms with Crippen LogP contribution in [0.15, 0.2) is 48.8 Å². The van der Waals surface area contributed by atoms with Crippen molar-refractivity contribution in [1.82, 2.24) is 15.3 Å². The largest absolute Gasteiger partial charge is 0.478 e. The molecule has 3 rings (SSSR count). The lowest BCUT2D eigenvalue weighted by atomic mass is 10.1. The molecule has 1 amide bonds. The number of carboxylic acid groups (broad SMARTS) is 1. The van der Waals surface area contributed by atoms with E-state index in [0.29, 0.717) is 12.1 Å². The number of aromatic amines is 1. The van der Waals surface area contributed by atoms with E-state index >= 15 is 0 Å². The van der Waals surface area contributed by atoms with Gasteiger partial charge >= 0.3 is 5.97 Å². The summed E-state index contributed by atoms with van der Waals surface area (Å²) in [7, 11) is 0. The van der Waals surface area contributed by atoms with Gasteiger partial charge in [0.15, 0.2) is 0 Å². The summed E-state index contributed by atoms with van der Waals surface area (Å²) in [6.07, 6.45) is 1.58. The average Bonchev–Trinajstić information content (AvgIpc) is 3.00. The number of nitrogens with zero attached hydrogens (tertiary/aromatic N) is 1. The highest BCUT2D eigenvalue weighted by molar-refractivity contribution is 5.97. The van der Waals surface area contributed by atoms with Crippen LogP contribution in [0.2, 0.25) is 0 Å². The van der Waals surface area contributed by atoms with E-state index in [2.05, 4.69) is 15.3 Å². The fourth-order valence-electron chi connectivity index (χ4n) is 2.13. The van der Waals surface area contributed by atoms with Crippen molar-refractivity contribution in [2.75, 3.05) is 0 Å². The van der Waals surface area contributed by atoms with Gasteiger partial charge in [-0.1, -0.05) is 12.1 Å². The summed E-state index contributed by atoms with van der Waals surface area (Å²) in [5.41, 5.74) is 3.21. The van der Waals surface area contributed by atoms with Crippen LogP contribution < -0.4 is 5.32 Å². The minimum absolute atomic E-state index is 0.196. The number of fused-ring (bicyclic) bond motifs is 1. The number of amides is 1. The molecule has 0 spiro atoms. The van der Waals surface area contributed by atoms with Crippen LogP contribution in [0, 0.1) is 0 Å². The molecule has 1 aromatic heterocycles. The van der Waals surface area contributed by atoms with Crippen LogP contribution in [0.3, 0.4) is 0 Å². The van der Waals surface area contributed by atoms with Gasteiger partial charge in [0.2, 0.25) is 0 Å². The van der Waals surface area contributed by atoms with Crippen molar-refractivity contribution in [3.8, 4) is 0 Å². The summed E-state index contributed by atoms with van der Waals surface area (Å²) in [5.74, 6) is -1.16. The first-order valence-corrected chi connectivity index (χ1v) is 6.67. The Balaban J connectivity index is 1.67. The monoisotopic (exact) mass is 295 g/mol. The SMILES string of the molecule is O=C(O)c1ccc(CNC(=O)c2ccc3nc[nH]c3c2)cc1. The Kier molecular flexibility index (Phi) is 3.57. The third-order valence-corrected chi connectivity index (χ3v) is 3.34. The van der Waals surface area contributed by atoms with Crippen molar-refractivity contribution in [3.05, 3.63) is 65.5 Å². The highest BCUT2D eigenvalue weighted by Gasteiger charge is 2.08. The van der Waals surface area contributed by atoms with Crippen LogP contribution in [-0.4, -0.2) is 27.0 Å². The third-order valence-electron chi connectivity index (χ3n) is 3.34. The molecule has 0 aliphatic carbocycles. The molecule has 0 aliphatic heterocycles. The number of aromatic nitrogens is 2. The predicted octanol–water partition coefficient (Wildman–Crippen LogP) is 2.19. The molecule has 0 atom stereocenters. The Hall–Kier alpha value is -3.15. The smallest absolute Gasteiger partial charge is 0.335 e. The van der Waals surface area contributed by atoms with Crippen LogP contribution in [0.25, 0.3) is 11.0 Å². The molecule has 0 fully saturated rings. The van der Waals surface area contributed by atoms with E-state index in [1.54, 1.807) is 36.7 Å². The quantitative estimate of drug-likeness (QED) is 0.687. The summed E-state index contributed by atoms with van der Waals surface area (Å²) in [5, 5.41) is 11.6. The van der Waals surface area contributed by atoms with E-state index < -0.39 is 5.97 Å². The number of aromatic carboxylic acids is 1. The fourth-order valence-corrected chi connectivity index (χ4v) is 2.13. The molecule has 0 radical (unpaired) electrons. The molecule has 3 N–H and O–H groups in total. The summed E-state index contributed by atoms with van der Waals surface area (Å²) in [4.78, 5) is 29.9. The maximum atomic E-state index is 12.1. The highest BCUT2D eigenvalue weighted by Crippen LogP contribution is 2.12. The van der Waals surface area contributed by atoms with Crippen molar-refractivity contribution in [2.45, 2.75) is 6.54 Å². The first-order valence-electron chi connectivity index (χ1n) is 6.67. The van der Waals surface area contributed by atoms with Crippen molar-refractivity contribution >= 4 is 22.9 Å². The molecule has 0 bridgehead atoms. The Labute approximate surface area is 125 Å². The van der Waals surface area contributed by atoms with Gasteiger partial charge in [0.05, 0.1) is 22.9 Å². The zero-order valence-corrected chi connectivity index (χ0v) is 11.5. The number of carbonyl (C=O) groups is 2. The normalized spacial score (nSPS) is 10.5. The van der Waals surface area contributed by atoms with Gasteiger partial charge in [0.1, 0.15) is 0 Å². The van der Waals surface area contributed by atoms with Gasteiger partial charge in [-0.05, 0) is 35.9 Å². The lowest BCUT2D eigenvalue weighted by molar-refractivity contribution is 0.0696. The van der Waals surface area contributed by atoms with Crippen LogP contribution in [0.5, 0.6) is 0 Å². The zero-order valence-electron chi connectivity index (χ0n) is 11.5. The number of imidazole rings is 1. The van der Waals surface area contributed by atoms with E-state index in [9.17, 15) is 9.59 Å². The summed E-state index contributed by atoms with van der Waals surface area (Å²) < 4.78 is 0. The average molecular weight is 295 g/mol. The number of H-pyrrole nitrogens is 1. The van der Waals surface area contributed by atoms with Crippen LogP contribution >= 0.6 is 0 Å². The van der Waals surface area contributed by atoms with Gasteiger partial charge in [-0.25, -0.2) is 9.78 Å².